The maximum atomic E-state index is 5.78. The second kappa shape index (κ2) is 4.71. The van der Waals surface area contributed by atoms with E-state index < -0.39 is 0 Å². The first kappa shape index (κ1) is 12.1. The number of hydrogen-bond donors (Lipinski definition) is 1. The van der Waals surface area contributed by atoms with Crippen molar-refractivity contribution < 1.29 is 0 Å². The largest absolute Gasteiger partial charge is 0.399 e. The van der Waals surface area contributed by atoms with Crippen LogP contribution in [0.25, 0.3) is 16.3 Å². The van der Waals surface area contributed by atoms with Gasteiger partial charge in [0.1, 0.15) is 6.33 Å². The van der Waals surface area contributed by atoms with Crippen LogP contribution in [0.3, 0.4) is 0 Å². The van der Waals surface area contributed by atoms with Crippen LogP contribution >= 0.6 is 11.3 Å². The number of hydrogen-bond acceptors (Lipinski definition) is 5. The summed E-state index contributed by atoms with van der Waals surface area (Å²) in [4.78, 5) is 9.85. The van der Waals surface area contributed by atoms with E-state index in [4.69, 9.17) is 5.73 Å². The lowest BCUT2D eigenvalue weighted by molar-refractivity contribution is 0.676. The van der Waals surface area contributed by atoms with Crippen molar-refractivity contribution >= 4 is 22.0 Å². The van der Waals surface area contributed by atoms with Crippen molar-refractivity contribution in [2.45, 2.75) is 6.54 Å². The van der Waals surface area contributed by atoms with Crippen LogP contribution < -0.4 is 5.73 Å². The van der Waals surface area contributed by atoms with Crippen molar-refractivity contribution in [3.63, 3.8) is 0 Å². The second-order valence-electron chi connectivity index (χ2n) is 4.72. The Morgan fingerprint density at radius 3 is 3.10 bits per heavy atom. The molecule has 0 fully saturated rings. The van der Waals surface area contributed by atoms with Crippen LogP contribution in [-0.2, 0) is 6.54 Å². The Hall–Kier alpha value is -2.67. The fourth-order valence-corrected chi connectivity index (χ4v) is 2.92. The van der Waals surface area contributed by atoms with Gasteiger partial charge in [0.2, 0.25) is 0 Å². The summed E-state index contributed by atoms with van der Waals surface area (Å²) in [7, 11) is 0. The summed E-state index contributed by atoms with van der Waals surface area (Å²) in [5.74, 6) is 0.670. The minimum absolute atomic E-state index is 0.601. The van der Waals surface area contributed by atoms with Crippen LogP contribution in [0, 0.1) is 0 Å². The lowest BCUT2D eigenvalue weighted by atomic mass is 10.2. The molecule has 0 aliphatic heterocycles. The Balaban J connectivity index is 1.60. The van der Waals surface area contributed by atoms with E-state index in [1.54, 1.807) is 22.3 Å². The number of rotatable bonds is 3. The summed E-state index contributed by atoms with van der Waals surface area (Å²) in [6, 6.07) is 7.56. The summed E-state index contributed by atoms with van der Waals surface area (Å²) < 4.78 is 3.79. The van der Waals surface area contributed by atoms with E-state index in [-0.39, 0.29) is 0 Å². The number of imidazole rings is 1. The number of thiazole rings is 1. The predicted molar refractivity (Wildman–Crippen MR) is 82.0 cm³/mol. The van der Waals surface area contributed by atoms with E-state index >= 15 is 0 Å². The fraction of sp³-hybridized carbons (Fsp3) is 0.0714. The van der Waals surface area contributed by atoms with Gasteiger partial charge in [0.25, 0.3) is 0 Å². The molecule has 2 N–H and O–H groups in total. The van der Waals surface area contributed by atoms with E-state index in [0.717, 1.165) is 16.2 Å². The molecule has 0 aliphatic carbocycles. The molecule has 0 radical (unpaired) electrons. The molecule has 6 nitrogen and oxygen atoms in total. The Morgan fingerprint density at radius 1 is 1.29 bits per heavy atom. The van der Waals surface area contributed by atoms with Crippen LogP contribution in [0.2, 0.25) is 0 Å². The van der Waals surface area contributed by atoms with Gasteiger partial charge in [0.15, 0.2) is 10.8 Å². The molecule has 0 amide bonds. The highest BCUT2D eigenvalue weighted by Gasteiger charge is 2.07. The predicted octanol–water partition coefficient (Wildman–Crippen LogP) is 2.28. The zero-order valence-corrected chi connectivity index (χ0v) is 11.9. The van der Waals surface area contributed by atoms with Crippen molar-refractivity contribution in [3.8, 4) is 11.4 Å². The highest BCUT2D eigenvalue weighted by molar-refractivity contribution is 7.15. The molecule has 0 aliphatic rings. The normalized spacial score (nSPS) is 11.2. The summed E-state index contributed by atoms with van der Waals surface area (Å²) in [6.45, 7) is 0.601. The summed E-state index contributed by atoms with van der Waals surface area (Å²) in [6.07, 6.45) is 5.72. The monoisotopic (exact) mass is 296 g/mol. The van der Waals surface area contributed by atoms with Gasteiger partial charge in [-0.1, -0.05) is 12.1 Å². The Morgan fingerprint density at radius 2 is 2.24 bits per heavy atom. The SMILES string of the molecule is Nc1cccc(-c2ncn(Cc3cn4ccsc4n3)n2)c1. The van der Waals surface area contributed by atoms with Crippen molar-refractivity contribution in [3.05, 3.63) is 54.1 Å². The first-order valence-corrected chi connectivity index (χ1v) is 7.32. The standard InChI is InChI=1S/C14H12N6S/c15-11-3-1-2-10(6-11)13-16-9-20(18-13)8-12-7-19-4-5-21-14(19)17-12/h1-7,9H,8,15H2. The molecule has 3 aromatic heterocycles. The molecule has 4 aromatic rings. The number of fused-ring (bicyclic) bond motifs is 1. The molecule has 3 heterocycles. The number of anilines is 1. The highest BCUT2D eigenvalue weighted by Crippen LogP contribution is 2.17. The zero-order chi connectivity index (χ0) is 14.2. The Labute approximate surface area is 124 Å². The molecule has 21 heavy (non-hydrogen) atoms. The number of nitrogens with two attached hydrogens (primary N) is 1. The molecule has 0 saturated carbocycles. The molecule has 0 atom stereocenters. The lowest BCUT2D eigenvalue weighted by Crippen LogP contribution is -2.00. The van der Waals surface area contributed by atoms with Crippen LogP contribution in [0.15, 0.2) is 48.4 Å². The second-order valence-corrected chi connectivity index (χ2v) is 5.59. The van der Waals surface area contributed by atoms with E-state index in [9.17, 15) is 0 Å². The quantitative estimate of drug-likeness (QED) is 0.589. The molecular weight excluding hydrogens is 284 g/mol. The minimum Gasteiger partial charge on any atom is -0.399 e. The van der Waals surface area contributed by atoms with Gasteiger partial charge in [0, 0.05) is 29.0 Å². The van der Waals surface area contributed by atoms with E-state index in [0.29, 0.717) is 18.1 Å². The molecule has 0 saturated heterocycles. The number of aromatic nitrogens is 5. The molecule has 4 rings (SSSR count). The van der Waals surface area contributed by atoms with Crippen LogP contribution in [0.4, 0.5) is 5.69 Å². The van der Waals surface area contributed by atoms with Gasteiger partial charge in [-0.3, -0.25) is 4.40 Å². The van der Waals surface area contributed by atoms with Crippen molar-refractivity contribution in [1.29, 1.82) is 0 Å². The maximum absolute atomic E-state index is 5.78. The molecule has 0 spiro atoms. The molecule has 104 valence electrons. The smallest absolute Gasteiger partial charge is 0.193 e. The summed E-state index contributed by atoms with van der Waals surface area (Å²) in [5, 5.41) is 6.49. The van der Waals surface area contributed by atoms with Gasteiger partial charge in [-0.2, -0.15) is 5.10 Å². The van der Waals surface area contributed by atoms with Crippen molar-refractivity contribution in [2.75, 3.05) is 5.73 Å². The first-order valence-electron chi connectivity index (χ1n) is 6.44. The van der Waals surface area contributed by atoms with Crippen molar-refractivity contribution in [1.82, 2.24) is 24.1 Å². The summed E-state index contributed by atoms with van der Waals surface area (Å²) >= 11 is 1.62. The minimum atomic E-state index is 0.601. The Kier molecular flexibility index (Phi) is 2.71. The van der Waals surface area contributed by atoms with Gasteiger partial charge in [-0.25, -0.2) is 14.6 Å². The Bertz CT molecular complexity index is 874. The van der Waals surface area contributed by atoms with Crippen LogP contribution in [0.5, 0.6) is 0 Å². The molecule has 1 aromatic carbocycles. The van der Waals surface area contributed by atoms with Gasteiger partial charge in [-0.15, -0.1) is 11.3 Å². The van der Waals surface area contributed by atoms with E-state index in [1.165, 1.54) is 0 Å². The maximum Gasteiger partial charge on any atom is 0.193 e. The fourth-order valence-electron chi connectivity index (χ4n) is 2.20. The van der Waals surface area contributed by atoms with Crippen LogP contribution in [-0.4, -0.2) is 24.1 Å². The first-order chi connectivity index (χ1) is 10.3. The summed E-state index contributed by atoms with van der Waals surface area (Å²) in [5.41, 5.74) is 8.37. The molecule has 0 unspecified atom stereocenters. The van der Waals surface area contributed by atoms with E-state index in [2.05, 4.69) is 15.1 Å². The average Bonchev–Trinajstić information content (AvgIpc) is 3.14. The molecular formula is C14H12N6S. The zero-order valence-electron chi connectivity index (χ0n) is 11.0. The molecule has 0 bridgehead atoms. The van der Waals surface area contributed by atoms with Gasteiger partial charge < -0.3 is 5.73 Å². The number of nitrogen functional groups attached to an aromatic ring is 1. The average molecular weight is 296 g/mol. The number of benzene rings is 1. The van der Waals surface area contributed by atoms with Gasteiger partial charge in [-0.05, 0) is 12.1 Å². The lowest BCUT2D eigenvalue weighted by Gasteiger charge is -1.98. The van der Waals surface area contributed by atoms with Crippen molar-refractivity contribution in [2.24, 2.45) is 0 Å². The van der Waals surface area contributed by atoms with Crippen LogP contribution in [0.1, 0.15) is 5.69 Å². The third-order valence-electron chi connectivity index (χ3n) is 3.15. The third kappa shape index (κ3) is 2.27. The van der Waals surface area contributed by atoms with Gasteiger partial charge >= 0.3 is 0 Å². The van der Waals surface area contributed by atoms with Gasteiger partial charge in [0.05, 0.1) is 12.2 Å². The highest BCUT2D eigenvalue weighted by atomic mass is 32.1. The van der Waals surface area contributed by atoms with E-state index in [1.807, 2.05) is 46.4 Å². The third-order valence-corrected chi connectivity index (χ3v) is 3.92. The number of nitrogens with zero attached hydrogens (tertiary/aromatic N) is 5. The molecule has 7 heteroatoms. The topological polar surface area (TPSA) is 74.0 Å².